The highest BCUT2D eigenvalue weighted by atomic mass is 16.2. The molecule has 5 heteroatoms. The molecule has 26 heavy (non-hydrogen) atoms. The van der Waals surface area contributed by atoms with Crippen molar-refractivity contribution < 1.29 is 9.59 Å². The van der Waals surface area contributed by atoms with Crippen LogP contribution >= 0.6 is 0 Å². The normalized spacial score (nSPS) is 15.8. The Morgan fingerprint density at radius 1 is 1.04 bits per heavy atom. The van der Waals surface area contributed by atoms with Gasteiger partial charge in [-0.3, -0.25) is 4.79 Å². The zero-order valence-corrected chi connectivity index (χ0v) is 17.1. The molecule has 0 spiro atoms. The third-order valence-electron chi connectivity index (χ3n) is 4.81. The molecule has 1 saturated heterocycles. The van der Waals surface area contributed by atoms with Crippen molar-refractivity contribution in [1.82, 2.24) is 15.1 Å². The Kier molecular flexibility index (Phi) is 6.32. The number of benzene rings is 1. The molecule has 1 N–H and O–H groups in total. The first kappa shape index (κ1) is 20.3. The van der Waals surface area contributed by atoms with Crippen molar-refractivity contribution in [2.75, 3.05) is 26.2 Å². The number of carbonyl (C=O) groups excluding carboxylic acids is 2. The number of nitrogens with one attached hydrogen (secondary N) is 1. The van der Waals surface area contributed by atoms with Crippen LogP contribution < -0.4 is 5.32 Å². The fourth-order valence-corrected chi connectivity index (χ4v) is 3.20. The number of aryl methyl sites for hydroxylation is 1. The monoisotopic (exact) mass is 359 g/mol. The molecule has 1 aliphatic heterocycles. The molecule has 3 amide bonds. The molecule has 2 rings (SSSR count). The van der Waals surface area contributed by atoms with Crippen molar-refractivity contribution in [3.8, 4) is 0 Å². The van der Waals surface area contributed by atoms with Crippen molar-refractivity contribution in [2.45, 2.75) is 59.4 Å². The van der Waals surface area contributed by atoms with E-state index in [0.717, 1.165) is 17.5 Å². The van der Waals surface area contributed by atoms with Gasteiger partial charge in [0.05, 0.1) is 0 Å². The minimum atomic E-state index is -0.0417. The standard InChI is InChI=1S/C21H33N3O2/c1-15(2)22-20(26)24-11-7-10-23(12-13-24)19(25)18-9-8-17(14-16(18)3)21(4,5)6/h8-9,14-15H,7,10-13H2,1-6H3,(H,22,26). The highest BCUT2D eigenvalue weighted by molar-refractivity contribution is 5.95. The number of urea groups is 1. The maximum atomic E-state index is 13.0. The van der Waals surface area contributed by atoms with E-state index in [-0.39, 0.29) is 23.4 Å². The molecule has 0 unspecified atom stereocenters. The van der Waals surface area contributed by atoms with E-state index in [2.05, 4.69) is 38.2 Å². The molecule has 1 aromatic carbocycles. The van der Waals surface area contributed by atoms with Gasteiger partial charge in [0.15, 0.2) is 0 Å². The van der Waals surface area contributed by atoms with Crippen LogP contribution in [-0.2, 0) is 5.41 Å². The highest BCUT2D eigenvalue weighted by Gasteiger charge is 2.24. The molecule has 1 aromatic rings. The van der Waals surface area contributed by atoms with Crippen LogP contribution in [0.4, 0.5) is 4.79 Å². The molecular formula is C21H33N3O2. The lowest BCUT2D eigenvalue weighted by Gasteiger charge is -2.25. The Labute approximate surface area is 157 Å². The molecule has 5 nitrogen and oxygen atoms in total. The molecular weight excluding hydrogens is 326 g/mol. The highest BCUT2D eigenvalue weighted by Crippen LogP contribution is 2.25. The third-order valence-corrected chi connectivity index (χ3v) is 4.81. The maximum Gasteiger partial charge on any atom is 0.317 e. The molecule has 0 saturated carbocycles. The van der Waals surface area contributed by atoms with Gasteiger partial charge < -0.3 is 15.1 Å². The van der Waals surface area contributed by atoms with Gasteiger partial charge >= 0.3 is 6.03 Å². The maximum absolute atomic E-state index is 13.0. The lowest BCUT2D eigenvalue weighted by molar-refractivity contribution is 0.0761. The Morgan fingerprint density at radius 2 is 1.65 bits per heavy atom. The summed E-state index contributed by atoms with van der Waals surface area (Å²) in [7, 11) is 0. The first-order chi connectivity index (χ1) is 12.1. The SMILES string of the molecule is Cc1cc(C(C)(C)C)ccc1C(=O)N1CCCN(C(=O)NC(C)C)CC1. The first-order valence-corrected chi connectivity index (χ1v) is 9.55. The first-order valence-electron chi connectivity index (χ1n) is 9.55. The summed E-state index contributed by atoms with van der Waals surface area (Å²) in [5.74, 6) is 0.0640. The number of hydrogen-bond acceptors (Lipinski definition) is 2. The van der Waals surface area contributed by atoms with E-state index in [1.54, 1.807) is 0 Å². The molecule has 1 aliphatic rings. The summed E-state index contributed by atoms with van der Waals surface area (Å²) in [6.45, 7) is 15.0. The summed E-state index contributed by atoms with van der Waals surface area (Å²) >= 11 is 0. The number of carbonyl (C=O) groups is 2. The Balaban J connectivity index is 2.07. The van der Waals surface area contributed by atoms with Gasteiger partial charge in [-0.25, -0.2) is 4.79 Å². The van der Waals surface area contributed by atoms with Gasteiger partial charge in [-0.05, 0) is 49.8 Å². The van der Waals surface area contributed by atoms with E-state index in [0.29, 0.717) is 26.2 Å². The van der Waals surface area contributed by atoms with Crippen molar-refractivity contribution in [3.05, 3.63) is 34.9 Å². The van der Waals surface area contributed by atoms with Gasteiger partial charge in [0.1, 0.15) is 0 Å². The quantitative estimate of drug-likeness (QED) is 0.878. The summed E-state index contributed by atoms with van der Waals surface area (Å²) < 4.78 is 0. The molecule has 0 atom stereocenters. The van der Waals surface area contributed by atoms with Crippen LogP contribution in [-0.4, -0.2) is 54.0 Å². The van der Waals surface area contributed by atoms with Gasteiger partial charge in [-0.2, -0.15) is 0 Å². The van der Waals surface area contributed by atoms with Crippen molar-refractivity contribution in [3.63, 3.8) is 0 Å². The van der Waals surface area contributed by atoms with Gasteiger partial charge in [0, 0.05) is 37.8 Å². The Bertz CT molecular complexity index is 662. The summed E-state index contributed by atoms with van der Waals surface area (Å²) in [6.07, 6.45) is 0.802. The summed E-state index contributed by atoms with van der Waals surface area (Å²) in [6, 6.07) is 6.20. The zero-order valence-electron chi connectivity index (χ0n) is 17.1. The average molecular weight is 360 g/mol. The summed E-state index contributed by atoms with van der Waals surface area (Å²) in [4.78, 5) is 28.9. The number of rotatable bonds is 2. The molecule has 0 aromatic heterocycles. The topological polar surface area (TPSA) is 52.7 Å². The van der Waals surface area contributed by atoms with E-state index in [9.17, 15) is 9.59 Å². The predicted octanol–water partition coefficient (Wildman–Crippen LogP) is 3.56. The summed E-state index contributed by atoms with van der Waals surface area (Å²) in [5, 5.41) is 2.93. The van der Waals surface area contributed by atoms with Crippen LogP contribution in [0.3, 0.4) is 0 Å². The Morgan fingerprint density at radius 3 is 2.23 bits per heavy atom. The molecule has 1 fully saturated rings. The predicted molar refractivity (Wildman–Crippen MR) is 106 cm³/mol. The molecule has 1 heterocycles. The lowest BCUT2D eigenvalue weighted by atomic mass is 9.85. The second-order valence-electron chi connectivity index (χ2n) is 8.52. The minimum Gasteiger partial charge on any atom is -0.337 e. The lowest BCUT2D eigenvalue weighted by Crippen LogP contribution is -2.44. The Hall–Kier alpha value is -2.04. The van der Waals surface area contributed by atoms with E-state index < -0.39 is 0 Å². The van der Waals surface area contributed by atoms with Crippen LogP contribution in [0.25, 0.3) is 0 Å². The smallest absolute Gasteiger partial charge is 0.317 e. The van der Waals surface area contributed by atoms with E-state index in [1.807, 2.05) is 36.6 Å². The summed E-state index contributed by atoms with van der Waals surface area (Å²) in [5.41, 5.74) is 3.08. The minimum absolute atomic E-state index is 0.0417. The third kappa shape index (κ3) is 4.99. The van der Waals surface area contributed by atoms with Gasteiger partial charge in [0.2, 0.25) is 0 Å². The fourth-order valence-electron chi connectivity index (χ4n) is 3.20. The number of nitrogens with zero attached hydrogens (tertiary/aromatic N) is 2. The van der Waals surface area contributed by atoms with Crippen LogP contribution in [0.2, 0.25) is 0 Å². The van der Waals surface area contributed by atoms with Gasteiger partial charge in [-0.1, -0.05) is 32.9 Å². The van der Waals surface area contributed by atoms with Crippen LogP contribution in [0, 0.1) is 6.92 Å². The van der Waals surface area contributed by atoms with E-state index >= 15 is 0 Å². The van der Waals surface area contributed by atoms with E-state index in [1.165, 1.54) is 5.56 Å². The second-order valence-corrected chi connectivity index (χ2v) is 8.52. The van der Waals surface area contributed by atoms with Crippen molar-refractivity contribution in [2.24, 2.45) is 0 Å². The molecule has 0 radical (unpaired) electrons. The van der Waals surface area contributed by atoms with Crippen LogP contribution in [0.15, 0.2) is 18.2 Å². The largest absolute Gasteiger partial charge is 0.337 e. The average Bonchev–Trinajstić information content (AvgIpc) is 2.78. The van der Waals surface area contributed by atoms with Crippen LogP contribution in [0.1, 0.15) is 62.5 Å². The van der Waals surface area contributed by atoms with Gasteiger partial charge in [0.25, 0.3) is 5.91 Å². The van der Waals surface area contributed by atoms with Gasteiger partial charge in [-0.15, -0.1) is 0 Å². The molecule has 144 valence electrons. The second kappa shape index (κ2) is 8.11. The van der Waals surface area contributed by atoms with Crippen LogP contribution in [0.5, 0.6) is 0 Å². The fraction of sp³-hybridized carbons (Fsp3) is 0.619. The van der Waals surface area contributed by atoms with Crippen molar-refractivity contribution in [1.29, 1.82) is 0 Å². The molecule has 0 aliphatic carbocycles. The number of amides is 3. The van der Waals surface area contributed by atoms with Crippen molar-refractivity contribution >= 4 is 11.9 Å². The molecule has 0 bridgehead atoms. The van der Waals surface area contributed by atoms with E-state index in [4.69, 9.17) is 0 Å². The zero-order chi connectivity index (χ0) is 19.5. The number of hydrogen-bond donors (Lipinski definition) is 1.